The number of aryl methyl sites for hydroxylation is 1. The zero-order chi connectivity index (χ0) is 22.1. The van der Waals surface area contributed by atoms with Crippen molar-refractivity contribution < 1.29 is 9.53 Å². The molecule has 1 saturated carbocycles. The first kappa shape index (κ1) is 23.3. The first-order valence-corrected chi connectivity index (χ1v) is 11.7. The maximum atomic E-state index is 12.6. The normalized spacial score (nSPS) is 14.5. The fourth-order valence-electron chi connectivity index (χ4n) is 3.92. The van der Waals surface area contributed by atoms with Crippen molar-refractivity contribution in [2.75, 3.05) is 25.0 Å². The van der Waals surface area contributed by atoms with Crippen molar-refractivity contribution in [3.63, 3.8) is 0 Å². The number of carbonyl (C=O) groups is 1. The quantitative estimate of drug-likeness (QED) is 0.493. The monoisotopic (exact) mass is 423 g/mol. The Kier molecular flexibility index (Phi) is 8.47. The molecule has 5 nitrogen and oxygen atoms in total. The van der Waals surface area contributed by atoms with Gasteiger partial charge in [-0.25, -0.2) is 4.98 Å². The van der Waals surface area contributed by atoms with Crippen LogP contribution < -0.4 is 10.6 Å². The first-order chi connectivity index (χ1) is 15.0. The third-order valence-electron chi connectivity index (χ3n) is 6.14. The van der Waals surface area contributed by atoms with Crippen molar-refractivity contribution in [3.05, 3.63) is 59.3 Å². The minimum Gasteiger partial charge on any atom is -0.378 e. The van der Waals surface area contributed by atoms with Crippen molar-refractivity contribution in [1.29, 1.82) is 0 Å². The number of benzene rings is 1. The molecule has 1 fully saturated rings. The predicted molar refractivity (Wildman–Crippen MR) is 127 cm³/mol. The summed E-state index contributed by atoms with van der Waals surface area (Å²) in [6, 6.07) is 12.3. The van der Waals surface area contributed by atoms with Crippen LogP contribution in [0.3, 0.4) is 0 Å². The second-order valence-corrected chi connectivity index (χ2v) is 9.11. The summed E-state index contributed by atoms with van der Waals surface area (Å²) in [7, 11) is 0. The van der Waals surface area contributed by atoms with Crippen LogP contribution in [0.5, 0.6) is 0 Å². The maximum Gasteiger partial charge on any atom is 0.252 e. The van der Waals surface area contributed by atoms with Gasteiger partial charge in [-0.1, -0.05) is 57.9 Å². The molecule has 1 aliphatic rings. The van der Waals surface area contributed by atoms with Crippen LogP contribution in [-0.4, -0.2) is 36.7 Å². The summed E-state index contributed by atoms with van der Waals surface area (Å²) in [4.78, 5) is 17.0. The van der Waals surface area contributed by atoms with Crippen LogP contribution in [-0.2, 0) is 16.6 Å². The van der Waals surface area contributed by atoms with Gasteiger partial charge in [-0.15, -0.1) is 0 Å². The van der Waals surface area contributed by atoms with Gasteiger partial charge in [-0.05, 0) is 48.9 Å². The number of aromatic nitrogens is 1. The number of pyridine rings is 1. The van der Waals surface area contributed by atoms with Gasteiger partial charge in [0.05, 0.1) is 11.7 Å². The highest BCUT2D eigenvalue weighted by molar-refractivity contribution is 5.94. The summed E-state index contributed by atoms with van der Waals surface area (Å²) < 4.78 is 5.88. The zero-order valence-electron chi connectivity index (χ0n) is 19.2. The summed E-state index contributed by atoms with van der Waals surface area (Å²) in [5.74, 6) is 0.691. The summed E-state index contributed by atoms with van der Waals surface area (Å²) in [6.45, 7) is 8.62. The predicted octanol–water partition coefficient (Wildman–Crippen LogP) is 5.11. The molecule has 31 heavy (non-hydrogen) atoms. The minimum absolute atomic E-state index is 0.0951. The summed E-state index contributed by atoms with van der Waals surface area (Å²) in [6.07, 6.45) is 9.11. The van der Waals surface area contributed by atoms with Gasteiger partial charge in [0.25, 0.3) is 5.91 Å². The number of nitrogens with one attached hydrogen (secondary N) is 2. The molecule has 1 heterocycles. The molecule has 3 rings (SSSR count). The molecule has 0 unspecified atom stereocenters. The van der Waals surface area contributed by atoms with Crippen molar-refractivity contribution in [1.82, 2.24) is 10.3 Å². The molecular formula is C26H37N3O2. The highest BCUT2D eigenvalue weighted by Gasteiger charge is 2.22. The van der Waals surface area contributed by atoms with E-state index in [1.807, 2.05) is 12.1 Å². The smallest absolute Gasteiger partial charge is 0.252 e. The Balaban J connectivity index is 1.40. The van der Waals surface area contributed by atoms with Crippen LogP contribution in [0.2, 0.25) is 0 Å². The van der Waals surface area contributed by atoms with Crippen molar-refractivity contribution in [2.24, 2.45) is 0 Å². The molecule has 1 aromatic carbocycles. The SMILES string of the molecule is CCc1ccc(C(C)(C)CNC(=O)c2ccc(NCCCOC3CCCC3)nc2)cc1. The van der Waals surface area contributed by atoms with E-state index < -0.39 is 0 Å². The van der Waals surface area contributed by atoms with Gasteiger partial charge in [-0.3, -0.25) is 4.79 Å². The number of anilines is 1. The van der Waals surface area contributed by atoms with E-state index in [4.69, 9.17) is 4.74 Å². The van der Waals surface area contributed by atoms with Crippen molar-refractivity contribution in [2.45, 2.75) is 70.8 Å². The number of amides is 1. The molecule has 1 aliphatic carbocycles. The molecule has 0 saturated heterocycles. The minimum atomic E-state index is -0.141. The zero-order valence-corrected chi connectivity index (χ0v) is 19.2. The Morgan fingerprint density at radius 2 is 1.87 bits per heavy atom. The molecule has 2 N–H and O–H groups in total. The van der Waals surface area contributed by atoms with E-state index in [0.717, 1.165) is 31.8 Å². The van der Waals surface area contributed by atoms with Crippen LogP contribution in [0.1, 0.15) is 74.4 Å². The van der Waals surface area contributed by atoms with Crippen LogP contribution in [0.4, 0.5) is 5.82 Å². The summed E-state index contributed by atoms with van der Waals surface area (Å²) in [5, 5.41) is 6.36. The number of nitrogens with zero attached hydrogens (tertiary/aromatic N) is 1. The molecule has 1 amide bonds. The summed E-state index contributed by atoms with van der Waals surface area (Å²) in [5.41, 5.74) is 2.98. The van der Waals surface area contributed by atoms with E-state index in [1.165, 1.54) is 36.8 Å². The number of carbonyl (C=O) groups excluding carboxylic acids is 1. The topological polar surface area (TPSA) is 63.2 Å². The third-order valence-corrected chi connectivity index (χ3v) is 6.14. The standard InChI is InChI=1S/C26H37N3O2/c1-4-20-10-13-22(14-11-20)26(2,3)19-29-25(30)21-12-15-24(28-18-21)27-16-7-17-31-23-8-5-6-9-23/h10-15,18,23H,4-9,16-17,19H2,1-3H3,(H,27,28)(H,29,30). The molecule has 0 atom stereocenters. The fraction of sp³-hybridized carbons (Fsp3) is 0.538. The van der Waals surface area contributed by atoms with Gasteiger partial charge in [-0.2, -0.15) is 0 Å². The Labute approximate surface area is 187 Å². The van der Waals surface area contributed by atoms with E-state index in [2.05, 4.69) is 60.7 Å². The second kappa shape index (κ2) is 11.3. The van der Waals surface area contributed by atoms with Crippen LogP contribution in [0.25, 0.3) is 0 Å². The Morgan fingerprint density at radius 3 is 2.52 bits per heavy atom. The molecule has 0 bridgehead atoms. The lowest BCUT2D eigenvalue weighted by atomic mass is 9.84. The molecule has 0 radical (unpaired) electrons. The average Bonchev–Trinajstić information content (AvgIpc) is 3.31. The lowest BCUT2D eigenvalue weighted by Gasteiger charge is -2.26. The molecule has 1 aromatic heterocycles. The van der Waals surface area contributed by atoms with Gasteiger partial charge in [0.15, 0.2) is 0 Å². The first-order valence-electron chi connectivity index (χ1n) is 11.7. The lowest BCUT2D eigenvalue weighted by molar-refractivity contribution is 0.0583. The lowest BCUT2D eigenvalue weighted by Crippen LogP contribution is -2.36. The highest BCUT2D eigenvalue weighted by Crippen LogP contribution is 2.23. The number of ether oxygens (including phenoxy) is 1. The highest BCUT2D eigenvalue weighted by atomic mass is 16.5. The summed E-state index contributed by atoms with van der Waals surface area (Å²) >= 11 is 0. The number of hydrogen-bond acceptors (Lipinski definition) is 4. The molecule has 0 spiro atoms. The van der Waals surface area contributed by atoms with E-state index >= 15 is 0 Å². The van der Waals surface area contributed by atoms with E-state index in [1.54, 1.807) is 6.20 Å². The van der Waals surface area contributed by atoms with Gasteiger partial charge in [0, 0.05) is 31.3 Å². The van der Waals surface area contributed by atoms with Gasteiger partial charge < -0.3 is 15.4 Å². The number of hydrogen-bond donors (Lipinski definition) is 2. The van der Waals surface area contributed by atoms with Crippen LogP contribution in [0.15, 0.2) is 42.6 Å². The van der Waals surface area contributed by atoms with Crippen molar-refractivity contribution >= 4 is 11.7 Å². The molecule has 0 aliphatic heterocycles. The Bertz CT molecular complexity index is 810. The van der Waals surface area contributed by atoms with Crippen LogP contribution in [0, 0.1) is 0 Å². The largest absolute Gasteiger partial charge is 0.378 e. The Morgan fingerprint density at radius 1 is 1.13 bits per heavy atom. The molecule has 168 valence electrons. The molecule has 5 heteroatoms. The van der Waals surface area contributed by atoms with Crippen molar-refractivity contribution in [3.8, 4) is 0 Å². The van der Waals surface area contributed by atoms with Gasteiger partial charge in [0.1, 0.15) is 5.82 Å². The average molecular weight is 424 g/mol. The molecule has 2 aromatic rings. The second-order valence-electron chi connectivity index (χ2n) is 9.11. The fourth-order valence-corrected chi connectivity index (χ4v) is 3.92. The van der Waals surface area contributed by atoms with Crippen LogP contribution >= 0.6 is 0 Å². The van der Waals surface area contributed by atoms with Gasteiger partial charge >= 0.3 is 0 Å². The Hall–Kier alpha value is -2.40. The maximum absolute atomic E-state index is 12.6. The van der Waals surface area contributed by atoms with E-state index in [0.29, 0.717) is 18.2 Å². The number of rotatable bonds is 11. The van der Waals surface area contributed by atoms with E-state index in [9.17, 15) is 4.79 Å². The molecular weight excluding hydrogens is 386 g/mol. The van der Waals surface area contributed by atoms with Gasteiger partial charge in [0.2, 0.25) is 0 Å². The third kappa shape index (κ3) is 7.06. The van der Waals surface area contributed by atoms with E-state index in [-0.39, 0.29) is 11.3 Å².